The minimum atomic E-state index is -0.189. The Morgan fingerprint density at radius 3 is 2.58 bits per heavy atom. The molecule has 2 aromatic rings. The van der Waals surface area contributed by atoms with Crippen molar-refractivity contribution < 1.29 is 9.53 Å². The molecule has 0 bridgehead atoms. The van der Waals surface area contributed by atoms with Crippen molar-refractivity contribution in [2.24, 2.45) is 5.92 Å². The monoisotopic (exact) mass is 415 g/mol. The van der Waals surface area contributed by atoms with Crippen molar-refractivity contribution in [2.75, 3.05) is 19.0 Å². The van der Waals surface area contributed by atoms with E-state index in [1.165, 1.54) is 24.8 Å². The van der Waals surface area contributed by atoms with Gasteiger partial charge in [0.1, 0.15) is 11.8 Å². The highest BCUT2D eigenvalue weighted by atomic mass is 16.5. The van der Waals surface area contributed by atoms with Gasteiger partial charge >= 0.3 is 6.03 Å². The number of allylic oxidation sites excluding steroid dienone is 2. The lowest BCUT2D eigenvalue weighted by molar-refractivity contribution is 0.252. The molecule has 0 radical (unpaired) electrons. The Bertz CT molecular complexity index is 1030. The fourth-order valence-electron chi connectivity index (χ4n) is 4.60. The predicted octanol–water partition coefficient (Wildman–Crippen LogP) is 5.95. The predicted molar refractivity (Wildman–Crippen MR) is 124 cm³/mol. The number of hydrogen-bond acceptors (Lipinski definition) is 3. The first kappa shape index (κ1) is 21.0. The zero-order chi connectivity index (χ0) is 21.8. The van der Waals surface area contributed by atoms with Crippen LogP contribution in [0.3, 0.4) is 0 Å². The SMILES string of the molecule is CCCCNC(=O)Nc1ccc(C2=C(C#N)c3cc(OC)ccc3C2C2CCC2)cc1. The summed E-state index contributed by atoms with van der Waals surface area (Å²) in [6.45, 7) is 2.76. The molecule has 5 nitrogen and oxygen atoms in total. The van der Waals surface area contributed by atoms with Gasteiger partial charge in [0.25, 0.3) is 0 Å². The Hall–Kier alpha value is -3.26. The number of nitrogens with one attached hydrogen (secondary N) is 2. The minimum absolute atomic E-state index is 0.189. The maximum atomic E-state index is 12.0. The van der Waals surface area contributed by atoms with E-state index in [0.29, 0.717) is 12.5 Å². The van der Waals surface area contributed by atoms with Crippen LogP contribution in [0.1, 0.15) is 61.6 Å². The van der Waals surface area contributed by atoms with Crippen molar-refractivity contribution in [3.05, 3.63) is 59.2 Å². The lowest BCUT2D eigenvalue weighted by Crippen LogP contribution is -2.29. The number of carbonyl (C=O) groups is 1. The molecule has 31 heavy (non-hydrogen) atoms. The second kappa shape index (κ2) is 9.26. The zero-order valence-electron chi connectivity index (χ0n) is 18.2. The number of benzene rings is 2. The largest absolute Gasteiger partial charge is 0.497 e. The van der Waals surface area contributed by atoms with E-state index >= 15 is 0 Å². The first-order valence-corrected chi connectivity index (χ1v) is 11.1. The molecule has 1 fully saturated rings. The number of anilines is 1. The van der Waals surface area contributed by atoms with Crippen molar-refractivity contribution in [2.45, 2.75) is 44.9 Å². The Balaban J connectivity index is 1.63. The number of hydrogen-bond donors (Lipinski definition) is 2. The number of fused-ring (bicyclic) bond motifs is 1. The molecule has 2 aromatic carbocycles. The number of carbonyl (C=O) groups excluding carboxylic acids is 1. The van der Waals surface area contributed by atoms with E-state index in [-0.39, 0.29) is 11.9 Å². The van der Waals surface area contributed by atoms with Gasteiger partial charge in [-0.25, -0.2) is 4.79 Å². The van der Waals surface area contributed by atoms with Gasteiger partial charge in [0.05, 0.1) is 12.7 Å². The van der Waals surface area contributed by atoms with Crippen LogP contribution < -0.4 is 15.4 Å². The van der Waals surface area contributed by atoms with Crippen molar-refractivity contribution >= 4 is 22.9 Å². The molecule has 0 heterocycles. The second-order valence-corrected chi connectivity index (χ2v) is 8.33. The fourth-order valence-corrected chi connectivity index (χ4v) is 4.60. The van der Waals surface area contributed by atoms with Crippen molar-refractivity contribution in [3.8, 4) is 11.8 Å². The number of urea groups is 1. The Morgan fingerprint density at radius 2 is 1.97 bits per heavy atom. The molecule has 2 N–H and O–H groups in total. The molecular formula is C26H29N3O2. The number of rotatable bonds is 7. The average Bonchev–Trinajstić information content (AvgIpc) is 3.06. The van der Waals surface area contributed by atoms with Crippen LogP contribution in [0.2, 0.25) is 0 Å². The Morgan fingerprint density at radius 1 is 1.19 bits per heavy atom. The van der Waals surface area contributed by atoms with E-state index in [4.69, 9.17) is 4.74 Å². The molecule has 4 rings (SSSR count). The highest BCUT2D eigenvalue weighted by Gasteiger charge is 2.39. The molecule has 1 saturated carbocycles. The highest BCUT2D eigenvalue weighted by Crippen LogP contribution is 2.55. The van der Waals surface area contributed by atoms with Crippen molar-refractivity contribution in [1.82, 2.24) is 5.32 Å². The maximum absolute atomic E-state index is 12.0. The van der Waals surface area contributed by atoms with E-state index in [1.807, 2.05) is 36.4 Å². The summed E-state index contributed by atoms with van der Waals surface area (Å²) in [6, 6.07) is 16.3. The summed E-state index contributed by atoms with van der Waals surface area (Å²) in [5, 5.41) is 15.8. The van der Waals surface area contributed by atoms with Crippen LogP contribution >= 0.6 is 0 Å². The van der Waals surface area contributed by atoms with Gasteiger partial charge in [0.15, 0.2) is 0 Å². The summed E-state index contributed by atoms with van der Waals surface area (Å²) < 4.78 is 5.42. The summed E-state index contributed by atoms with van der Waals surface area (Å²) in [4.78, 5) is 12.0. The third-order valence-electron chi connectivity index (χ3n) is 6.45. The number of unbranched alkanes of at least 4 members (excludes halogenated alkanes) is 1. The summed E-state index contributed by atoms with van der Waals surface area (Å²) in [5.74, 6) is 1.57. The molecule has 0 aliphatic heterocycles. The van der Waals surface area contributed by atoms with Gasteiger partial charge in [0, 0.05) is 23.7 Å². The first-order chi connectivity index (χ1) is 15.2. The van der Waals surface area contributed by atoms with Gasteiger partial charge < -0.3 is 15.4 Å². The lowest BCUT2D eigenvalue weighted by Gasteiger charge is -2.34. The molecule has 2 amide bonds. The van der Waals surface area contributed by atoms with Gasteiger partial charge in [-0.2, -0.15) is 5.26 Å². The van der Waals surface area contributed by atoms with Gasteiger partial charge in [0.2, 0.25) is 0 Å². The van der Waals surface area contributed by atoms with E-state index in [1.54, 1.807) is 7.11 Å². The van der Waals surface area contributed by atoms with Crippen LogP contribution in [0.4, 0.5) is 10.5 Å². The van der Waals surface area contributed by atoms with E-state index in [2.05, 4.69) is 29.7 Å². The van der Waals surface area contributed by atoms with Crippen LogP contribution in [-0.4, -0.2) is 19.7 Å². The third-order valence-corrected chi connectivity index (χ3v) is 6.45. The second-order valence-electron chi connectivity index (χ2n) is 8.33. The summed E-state index contributed by atoms with van der Waals surface area (Å²) in [5.41, 5.74) is 5.86. The number of amides is 2. The number of nitriles is 1. The summed E-state index contributed by atoms with van der Waals surface area (Å²) in [7, 11) is 1.65. The molecule has 1 unspecified atom stereocenters. The molecule has 1 atom stereocenters. The van der Waals surface area contributed by atoms with Crippen LogP contribution in [0.25, 0.3) is 11.1 Å². The normalized spacial score (nSPS) is 17.5. The van der Waals surface area contributed by atoms with Crippen LogP contribution in [0, 0.1) is 17.2 Å². The molecule has 160 valence electrons. The number of nitrogens with zero attached hydrogens (tertiary/aromatic N) is 1. The minimum Gasteiger partial charge on any atom is -0.497 e. The molecule has 0 aromatic heterocycles. The van der Waals surface area contributed by atoms with Crippen LogP contribution in [0.5, 0.6) is 5.75 Å². The van der Waals surface area contributed by atoms with E-state index in [0.717, 1.165) is 46.6 Å². The zero-order valence-corrected chi connectivity index (χ0v) is 18.2. The molecular weight excluding hydrogens is 386 g/mol. The standard InChI is InChI=1S/C26H29N3O2/c1-3-4-14-28-26(30)29-19-10-8-18(9-11-19)25-23(16-27)22-15-20(31-2)12-13-21(22)24(25)17-6-5-7-17/h8-13,15,17,24H,3-7,14H2,1-2H3,(H2,28,29,30). The first-order valence-electron chi connectivity index (χ1n) is 11.1. The van der Waals surface area contributed by atoms with Crippen molar-refractivity contribution in [1.29, 1.82) is 5.26 Å². The quantitative estimate of drug-likeness (QED) is 0.549. The molecule has 0 spiro atoms. The Labute approximate surface area is 184 Å². The summed E-state index contributed by atoms with van der Waals surface area (Å²) >= 11 is 0. The topological polar surface area (TPSA) is 74.2 Å². The smallest absolute Gasteiger partial charge is 0.319 e. The van der Waals surface area contributed by atoms with Gasteiger partial charge in [-0.3, -0.25) is 0 Å². The highest BCUT2D eigenvalue weighted by molar-refractivity contribution is 6.05. The van der Waals surface area contributed by atoms with Crippen LogP contribution in [0.15, 0.2) is 42.5 Å². The Kier molecular flexibility index (Phi) is 6.27. The van der Waals surface area contributed by atoms with Gasteiger partial charge in [-0.15, -0.1) is 0 Å². The molecule has 2 aliphatic carbocycles. The lowest BCUT2D eigenvalue weighted by atomic mass is 9.70. The van der Waals surface area contributed by atoms with Crippen molar-refractivity contribution in [3.63, 3.8) is 0 Å². The van der Waals surface area contributed by atoms with E-state index in [9.17, 15) is 10.1 Å². The molecule has 2 aliphatic rings. The van der Waals surface area contributed by atoms with Gasteiger partial charge in [-0.05, 0) is 66.1 Å². The van der Waals surface area contributed by atoms with Crippen LogP contribution in [-0.2, 0) is 0 Å². The molecule has 0 saturated heterocycles. The maximum Gasteiger partial charge on any atom is 0.319 e. The molecule has 5 heteroatoms. The fraction of sp³-hybridized carbons (Fsp3) is 0.385. The number of methoxy groups -OCH3 is 1. The number of ether oxygens (including phenoxy) is 1. The summed E-state index contributed by atoms with van der Waals surface area (Å²) in [6.07, 6.45) is 5.64. The average molecular weight is 416 g/mol. The van der Waals surface area contributed by atoms with Gasteiger partial charge in [-0.1, -0.05) is 38.0 Å². The third kappa shape index (κ3) is 4.16. The van der Waals surface area contributed by atoms with E-state index < -0.39 is 0 Å².